The summed E-state index contributed by atoms with van der Waals surface area (Å²) >= 11 is 0. The first-order valence-electron chi connectivity index (χ1n) is 6.03. The highest BCUT2D eigenvalue weighted by Gasteiger charge is 2.14. The first kappa shape index (κ1) is 13.2. The molecule has 1 N–H and O–H groups in total. The van der Waals surface area contributed by atoms with Gasteiger partial charge in [-0.2, -0.15) is 0 Å². The molecule has 0 amide bonds. The van der Waals surface area contributed by atoms with Gasteiger partial charge in [-0.1, -0.05) is 36.8 Å². The van der Waals surface area contributed by atoms with Crippen LogP contribution in [0.4, 0.5) is 0 Å². The topological polar surface area (TPSA) is 23.5 Å². The van der Waals surface area contributed by atoms with Gasteiger partial charge >= 0.3 is 0 Å². The van der Waals surface area contributed by atoms with Crippen LogP contribution in [0.15, 0.2) is 24.3 Å². The Hall–Kier alpha value is -0.860. The van der Waals surface area contributed by atoms with Crippen molar-refractivity contribution < 1.29 is 5.11 Å². The monoisotopic (exact) mass is 221 g/mol. The second-order valence-electron chi connectivity index (χ2n) is 4.61. The molecular formula is C14H23NO. The molecule has 2 nitrogen and oxygen atoms in total. The minimum Gasteiger partial charge on any atom is -0.387 e. The number of aryl methyl sites for hydroxylation is 1. The fourth-order valence-corrected chi connectivity index (χ4v) is 1.91. The van der Waals surface area contributed by atoms with E-state index in [1.165, 1.54) is 5.56 Å². The lowest BCUT2D eigenvalue weighted by atomic mass is 10.1. The van der Waals surface area contributed by atoms with Gasteiger partial charge in [0.05, 0.1) is 6.10 Å². The Labute approximate surface area is 98.9 Å². The predicted molar refractivity (Wildman–Crippen MR) is 68.5 cm³/mol. The molecular weight excluding hydrogens is 198 g/mol. The third kappa shape index (κ3) is 3.62. The van der Waals surface area contributed by atoms with Gasteiger partial charge in [-0.15, -0.1) is 0 Å². The number of nitrogens with zero attached hydrogens (tertiary/aromatic N) is 1. The number of aliphatic hydroxyl groups is 1. The molecule has 90 valence electrons. The quantitative estimate of drug-likeness (QED) is 0.826. The minimum atomic E-state index is -0.387. The van der Waals surface area contributed by atoms with Crippen LogP contribution in [0.1, 0.15) is 38.0 Å². The molecule has 0 saturated heterocycles. The van der Waals surface area contributed by atoms with Crippen molar-refractivity contribution in [3.8, 4) is 0 Å². The average Bonchev–Trinajstić information content (AvgIpc) is 2.25. The van der Waals surface area contributed by atoms with E-state index in [-0.39, 0.29) is 6.10 Å². The van der Waals surface area contributed by atoms with Crippen molar-refractivity contribution in [1.29, 1.82) is 0 Å². The van der Waals surface area contributed by atoms with Crippen molar-refractivity contribution in [2.45, 2.75) is 39.8 Å². The molecule has 0 fully saturated rings. The number of hydrogen-bond acceptors (Lipinski definition) is 2. The molecule has 0 radical (unpaired) electrons. The first-order chi connectivity index (χ1) is 7.54. The Morgan fingerprint density at radius 3 is 2.50 bits per heavy atom. The highest BCUT2D eigenvalue weighted by molar-refractivity contribution is 5.24. The van der Waals surface area contributed by atoms with Crippen molar-refractivity contribution in [2.24, 2.45) is 0 Å². The number of hydrogen-bond donors (Lipinski definition) is 1. The Kier molecular flexibility index (Phi) is 4.97. The van der Waals surface area contributed by atoms with Crippen molar-refractivity contribution >= 4 is 0 Å². The summed E-state index contributed by atoms with van der Waals surface area (Å²) in [7, 11) is 0. The Morgan fingerprint density at radius 2 is 2.00 bits per heavy atom. The van der Waals surface area contributed by atoms with Crippen molar-refractivity contribution in [3.05, 3.63) is 35.4 Å². The fraction of sp³-hybridized carbons (Fsp3) is 0.571. The highest BCUT2D eigenvalue weighted by Crippen LogP contribution is 2.16. The zero-order chi connectivity index (χ0) is 12.1. The van der Waals surface area contributed by atoms with Crippen LogP contribution in [0.3, 0.4) is 0 Å². The van der Waals surface area contributed by atoms with E-state index in [2.05, 4.69) is 44.7 Å². The molecule has 2 heteroatoms. The summed E-state index contributed by atoms with van der Waals surface area (Å²) in [5, 5.41) is 10.2. The second-order valence-corrected chi connectivity index (χ2v) is 4.61. The van der Waals surface area contributed by atoms with Crippen molar-refractivity contribution in [2.75, 3.05) is 13.1 Å². The maximum atomic E-state index is 10.2. The van der Waals surface area contributed by atoms with Crippen molar-refractivity contribution in [3.63, 3.8) is 0 Å². The summed E-state index contributed by atoms with van der Waals surface area (Å²) in [6.45, 7) is 10.2. The summed E-state index contributed by atoms with van der Waals surface area (Å²) in [6.07, 6.45) is -0.387. The summed E-state index contributed by atoms with van der Waals surface area (Å²) in [6, 6.07) is 8.57. The van der Waals surface area contributed by atoms with E-state index in [4.69, 9.17) is 0 Å². The number of likely N-dealkylation sites (N-methyl/N-ethyl adjacent to an activating group) is 1. The van der Waals surface area contributed by atoms with Gasteiger partial charge in [-0.25, -0.2) is 0 Å². The molecule has 0 aromatic heterocycles. The third-order valence-corrected chi connectivity index (χ3v) is 2.97. The predicted octanol–water partition coefficient (Wildman–Crippen LogP) is 2.76. The maximum Gasteiger partial charge on any atom is 0.0917 e. The number of rotatable bonds is 5. The largest absolute Gasteiger partial charge is 0.387 e. The number of aliphatic hydroxyl groups excluding tert-OH is 1. The molecule has 1 unspecified atom stereocenters. The lowest BCUT2D eigenvalue weighted by molar-refractivity contribution is 0.0991. The molecule has 1 rings (SSSR count). The van der Waals surface area contributed by atoms with E-state index in [0.717, 1.165) is 12.1 Å². The summed E-state index contributed by atoms with van der Waals surface area (Å²) < 4.78 is 0. The molecule has 1 aromatic rings. The van der Waals surface area contributed by atoms with Gasteiger partial charge < -0.3 is 5.11 Å². The number of benzene rings is 1. The second kappa shape index (κ2) is 6.02. The van der Waals surface area contributed by atoms with Crippen LogP contribution in [0.2, 0.25) is 0 Å². The van der Waals surface area contributed by atoms with E-state index >= 15 is 0 Å². The molecule has 0 aliphatic rings. The Morgan fingerprint density at radius 1 is 1.31 bits per heavy atom. The van der Waals surface area contributed by atoms with Gasteiger partial charge in [0.2, 0.25) is 0 Å². The summed E-state index contributed by atoms with van der Waals surface area (Å²) in [4.78, 5) is 2.27. The third-order valence-electron chi connectivity index (χ3n) is 2.97. The molecule has 16 heavy (non-hydrogen) atoms. The van der Waals surface area contributed by atoms with E-state index < -0.39 is 0 Å². The van der Waals surface area contributed by atoms with Crippen LogP contribution in [0.25, 0.3) is 0 Å². The molecule has 0 heterocycles. The molecule has 1 atom stereocenters. The fourth-order valence-electron chi connectivity index (χ4n) is 1.91. The van der Waals surface area contributed by atoms with Gasteiger partial charge in [0, 0.05) is 12.6 Å². The molecule has 0 aliphatic heterocycles. The Balaban J connectivity index is 2.67. The van der Waals surface area contributed by atoms with Crippen LogP contribution in [-0.4, -0.2) is 29.1 Å². The van der Waals surface area contributed by atoms with Crippen LogP contribution in [-0.2, 0) is 0 Å². The molecule has 0 bridgehead atoms. The molecule has 0 aliphatic carbocycles. The van der Waals surface area contributed by atoms with Crippen LogP contribution >= 0.6 is 0 Å². The summed E-state index contributed by atoms with van der Waals surface area (Å²) in [5.74, 6) is 0. The smallest absolute Gasteiger partial charge is 0.0917 e. The average molecular weight is 221 g/mol. The minimum absolute atomic E-state index is 0.387. The zero-order valence-corrected chi connectivity index (χ0v) is 10.8. The first-order valence-corrected chi connectivity index (χ1v) is 6.03. The molecule has 1 aromatic carbocycles. The maximum absolute atomic E-state index is 10.2. The zero-order valence-electron chi connectivity index (χ0n) is 10.8. The van der Waals surface area contributed by atoms with Gasteiger partial charge in [0.1, 0.15) is 0 Å². The van der Waals surface area contributed by atoms with Gasteiger partial charge in [-0.05, 0) is 32.9 Å². The highest BCUT2D eigenvalue weighted by atomic mass is 16.3. The van der Waals surface area contributed by atoms with E-state index in [1.807, 2.05) is 12.1 Å². The summed E-state index contributed by atoms with van der Waals surface area (Å²) in [5.41, 5.74) is 2.21. The van der Waals surface area contributed by atoms with Crippen LogP contribution in [0.5, 0.6) is 0 Å². The SMILES string of the molecule is CCN(CC(O)c1cccc(C)c1)C(C)C. The van der Waals surface area contributed by atoms with Crippen LogP contribution in [0, 0.1) is 6.92 Å². The van der Waals surface area contributed by atoms with E-state index in [1.54, 1.807) is 0 Å². The standard InChI is InChI=1S/C14H23NO/c1-5-15(11(2)3)10-14(16)13-8-6-7-12(4)9-13/h6-9,11,14,16H,5,10H2,1-4H3. The normalized spacial score (nSPS) is 13.4. The van der Waals surface area contributed by atoms with Gasteiger partial charge in [0.15, 0.2) is 0 Å². The molecule has 0 saturated carbocycles. The lowest BCUT2D eigenvalue weighted by Crippen LogP contribution is -2.34. The van der Waals surface area contributed by atoms with Gasteiger partial charge in [-0.3, -0.25) is 4.90 Å². The Bertz CT molecular complexity index is 322. The van der Waals surface area contributed by atoms with Gasteiger partial charge in [0.25, 0.3) is 0 Å². The van der Waals surface area contributed by atoms with Crippen molar-refractivity contribution in [1.82, 2.24) is 4.90 Å². The van der Waals surface area contributed by atoms with Crippen LogP contribution < -0.4 is 0 Å². The molecule has 0 spiro atoms. The van der Waals surface area contributed by atoms with E-state index in [9.17, 15) is 5.11 Å². The lowest BCUT2D eigenvalue weighted by Gasteiger charge is -2.27. The van der Waals surface area contributed by atoms with E-state index in [0.29, 0.717) is 12.6 Å².